The molecule has 4 aromatic carbocycles. The van der Waals surface area contributed by atoms with Crippen molar-refractivity contribution >= 4 is 27.5 Å². The molecule has 0 bridgehead atoms. The van der Waals surface area contributed by atoms with E-state index in [1.165, 1.54) is 17.0 Å². The van der Waals surface area contributed by atoms with Crippen molar-refractivity contribution in [3.8, 4) is 17.2 Å². The third kappa shape index (κ3) is 8.66. The highest BCUT2D eigenvalue weighted by Gasteiger charge is 2.34. The van der Waals surface area contributed by atoms with E-state index in [0.29, 0.717) is 23.7 Å². The Balaban J connectivity index is 1.73. The molecule has 0 aliphatic rings. The predicted octanol–water partition coefficient (Wildman–Crippen LogP) is 6.32. The van der Waals surface area contributed by atoms with E-state index in [0.717, 1.165) is 15.4 Å². The first-order valence-corrected chi connectivity index (χ1v) is 16.6. The van der Waals surface area contributed by atoms with Crippen molar-refractivity contribution in [1.82, 2.24) is 10.2 Å². The quantitative estimate of drug-likeness (QED) is 0.172. The van der Waals surface area contributed by atoms with Gasteiger partial charge in [0.15, 0.2) is 0 Å². The number of carbonyl (C=O) groups excluding carboxylic acids is 2. The molecule has 1 atom stereocenters. The van der Waals surface area contributed by atoms with Gasteiger partial charge >= 0.3 is 0 Å². The molecule has 0 heterocycles. The molecule has 0 aliphatic heterocycles. The van der Waals surface area contributed by atoms with Crippen LogP contribution < -0.4 is 19.1 Å². The van der Waals surface area contributed by atoms with Gasteiger partial charge in [-0.1, -0.05) is 55.0 Å². The zero-order valence-corrected chi connectivity index (χ0v) is 27.7. The molecule has 4 aromatic rings. The molecule has 0 aliphatic carbocycles. The summed E-state index contributed by atoms with van der Waals surface area (Å²) >= 11 is 0. The molecule has 242 valence electrons. The molecule has 4 rings (SSSR count). The zero-order chi connectivity index (χ0) is 33.3. The largest absolute Gasteiger partial charge is 0.497 e. The molecule has 0 saturated heterocycles. The number of ether oxygens (including phenoxy) is 2. The Labute approximate surface area is 271 Å². The summed E-state index contributed by atoms with van der Waals surface area (Å²) in [5, 5.41) is 2.91. The van der Waals surface area contributed by atoms with E-state index in [4.69, 9.17) is 9.47 Å². The highest BCUT2D eigenvalue weighted by molar-refractivity contribution is 7.92. The number of anilines is 1. The molecule has 0 fully saturated rings. The van der Waals surface area contributed by atoms with E-state index < -0.39 is 28.5 Å². The van der Waals surface area contributed by atoms with Crippen molar-refractivity contribution in [2.45, 2.75) is 57.6 Å². The van der Waals surface area contributed by atoms with E-state index in [-0.39, 0.29) is 29.1 Å². The van der Waals surface area contributed by atoms with E-state index in [1.54, 1.807) is 61.7 Å². The van der Waals surface area contributed by atoms with Crippen LogP contribution in [0.25, 0.3) is 0 Å². The Morgan fingerprint density at radius 3 is 2.07 bits per heavy atom. The number of sulfonamides is 1. The SMILES string of the molecule is CC[C@@H](C(=O)NC(C)C)N(Cc1cccc(OC)c1)C(=O)CN(c1ccc(Oc2ccccc2)cc1)S(=O)(=O)c1ccc(C)cc1. The Morgan fingerprint density at radius 1 is 0.826 bits per heavy atom. The van der Waals surface area contributed by atoms with Crippen molar-refractivity contribution in [1.29, 1.82) is 0 Å². The lowest BCUT2D eigenvalue weighted by Crippen LogP contribution is -2.53. The first-order chi connectivity index (χ1) is 22.0. The lowest BCUT2D eigenvalue weighted by Gasteiger charge is -2.33. The van der Waals surface area contributed by atoms with Gasteiger partial charge in [0.05, 0.1) is 17.7 Å². The minimum atomic E-state index is -4.20. The molecule has 0 spiro atoms. The van der Waals surface area contributed by atoms with Gasteiger partial charge in [-0.05, 0) is 93.4 Å². The summed E-state index contributed by atoms with van der Waals surface area (Å²) < 4.78 is 40.7. The summed E-state index contributed by atoms with van der Waals surface area (Å²) in [5.41, 5.74) is 1.91. The van der Waals surface area contributed by atoms with Gasteiger partial charge < -0.3 is 19.7 Å². The maximum absolute atomic E-state index is 14.3. The van der Waals surface area contributed by atoms with Gasteiger partial charge in [-0.2, -0.15) is 0 Å². The minimum absolute atomic E-state index is 0.0412. The number of benzene rings is 4. The van der Waals surface area contributed by atoms with Crippen LogP contribution in [0.15, 0.2) is 108 Å². The summed E-state index contributed by atoms with van der Waals surface area (Å²) in [5.74, 6) is 0.891. The minimum Gasteiger partial charge on any atom is -0.497 e. The zero-order valence-electron chi connectivity index (χ0n) is 26.8. The lowest BCUT2D eigenvalue weighted by molar-refractivity contribution is -0.140. The van der Waals surface area contributed by atoms with Gasteiger partial charge in [0.1, 0.15) is 29.8 Å². The van der Waals surface area contributed by atoms with Crippen molar-refractivity contribution in [3.05, 3.63) is 114 Å². The number of hydrogen-bond donors (Lipinski definition) is 1. The molecule has 0 aromatic heterocycles. The average molecular weight is 644 g/mol. The highest BCUT2D eigenvalue weighted by atomic mass is 32.2. The molecule has 46 heavy (non-hydrogen) atoms. The fourth-order valence-electron chi connectivity index (χ4n) is 4.94. The molecular weight excluding hydrogens is 602 g/mol. The van der Waals surface area contributed by atoms with Crippen molar-refractivity contribution in [2.75, 3.05) is 18.0 Å². The molecule has 0 unspecified atom stereocenters. The van der Waals surface area contributed by atoms with Crippen molar-refractivity contribution in [2.24, 2.45) is 0 Å². The number of aryl methyl sites for hydroxylation is 1. The highest BCUT2D eigenvalue weighted by Crippen LogP contribution is 2.29. The fraction of sp³-hybridized carbons (Fsp3) is 0.278. The second kappa shape index (κ2) is 15.4. The smallest absolute Gasteiger partial charge is 0.264 e. The molecule has 2 amide bonds. The van der Waals surface area contributed by atoms with Gasteiger partial charge in [0.25, 0.3) is 10.0 Å². The Kier molecular flexibility index (Phi) is 11.4. The maximum Gasteiger partial charge on any atom is 0.264 e. The van der Waals surface area contributed by atoms with Gasteiger partial charge in [-0.3, -0.25) is 13.9 Å². The normalized spacial score (nSPS) is 11.9. The van der Waals surface area contributed by atoms with E-state index >= 15 is 0 Å². The van der Waals surface area contributed by atoms with E-state index in [9.17, 15) is 18.0 Å². The number of nitrogens with zero attached hydrogens (tertiary/aromatic N) is 2. The van der Waals surface area contributed by atoms with Crippen molar-refractivity contribution < 1.29 is 27.5 Å². The summed E-state index contributed by atoms with van der Waals surface area (Å²) in [7, 11) is -2.65. The summed E-state index contributed by atoms with van der Waals surface area (Å²) in [6.07, 6.45) is 0.324. The van der Waals surface area contributed by atoms with Gasteiger partial charge in [-0.25, -0.2) is 8.42 Å². The first-order valence-electron chi connectivity index (χ1n) is 15.2. The van der Waals surface area contributed by atoms with Crippen LogP contribution in [0, 0.1) is 6.92 Å². The molecule has 1 N–H and O–H groups in total. The van der Waals surface area contributed by atoms with Crippen LogP contribution in [0.3, 0.4) is 0 Å². The topological polar surface area (TPSA) is 105 Å². The van der Waals surface area contributed by atoms with Gasteiger partial charge in [-0.15, -0.1) is 0 Å². The number of nitrogens with one attached hydrogen (secondary N) is 1. The number of carbonyl (C=O) groups is 2. The third-order valence-electron chi connectivity index (χ3n) is 7.30. The fourth-order valence-corrected chi connectivity index (χ4v) is 6.35. The van der Waals surface area contributed by atoms with Gasteiger partial charge in [0.2, 0.25) is 11.8 Å². The molecule has 10 heteroatoms. The van der Waals surface area contributed by atoms with E-state index in [2.05, 4.69) is 5.32 Å². The van der Waals surface area contributed by atoms with E-state index in [1.807, 2.05) is 64.1 Å². The summed E-state index contributed by atoms with van der Waals surface area (Å²) in [6.45, 7) is 6.92. The molecule has 0 saturated carbocycles. The average Bonchev–Trinajstić information content (AvgIpc) is 3.04. The number of methoxy groups -OCH3 is 1. The van der Waals surface area contributed by atoms with Crippen LogP contribution in [0.1, 0.15) is 38.3 Å². The van der Waals surface area contributed by atoms with Crippen LogP contribution in [-0.2, 0) is 26.2 Å². The van der Waals surface area contributed by atoms with Crippen LogP contribution in [0.2, 0.25) is 0 Å². The summed E-state index contributed by atoms with van der Waals surface area (Å²) in [6, 6.07) is 28.4. The number of rotatable bonds is 14. The second-order valence-corrected chi connectivity index (χ2v) is 13.1. The van der Waals surface area contributed by atoms with Crippen LogP contribution >= 0.6 is 0 Å². The number of para-hydroxylation sites is 1. The number of hydrogen-bond acceptors (Lipinski definition) is 6. The monoisotopic (exact) mass is 643 g/mol. The Bertz CT molecular complexity index is 1710. The molecular formula is C36H41N3O6S. The Hall–Kier alpha value is -4.83. The van der Waals surface area contributed by atoms with Gasteiger partial charge in [0, 0.05) is 12.6 Å². The predicted molar refractivity (Wildman–Crippen MR) is 180 cm³/mol. The second-order valence-electron chi connectivity index (χ2n) is 11.2. The number of amides is 2. The molecule has 0 radical (unpaired) electrons. The molecule has 9 nitrogen and oxygen atoms in total. The lowest BCUT2D eigenvalue weighted by atomic mass is 10.1. The Morgan fingerprint density at radius 2 is 1.46 bits per heavy atom. The third-order valence-corrected chi connectivity index (χ3v) is 9.08. The summed E-state index contributed by atoms with van der Waals surface area (Å²) in [4.78, 5) is 29.1. The standard InChI is InChI=1S/C36H41N3O6S/c1-6-34(36(41)37-26(2)3)38(24-28-11-10-14-32(23-28)44-5)35(40)25-39(46(42,43)33-21-15-27(4)16-22-33)29-17-19-31(20-18-29)45-30-12-8-7-9-13-30/h7-23,26,34H,6,24-25H2,1-5H3,(H,37,41)/t34-/m0/s1. The van der Waals surface area contributed by atoms with Crippen LogP contribution in [0.4, 0.5) is 5.69 Å². The van der Waals surface area contributed by atoms with Crippen molar-refractivity contribution in [3.63, 3.8) is 0 Å². The van der Waals surface area contributed by atoms with Crippen LogP contribution in [-0.4, -0.2) is 50.9 Å². The first kappa shape index (κ1) is 34.1. The maximum atomic E-state index is 14.3. The van der Waals surface area contributed by atoms with Crippen LogP contribution in [0.5, 0.6) is 17.2 Å².